The van der Waals surface area contributed by atoms with Crippen molar-refractivity contribution in [3.05, 3.63) is 67.2 Å². The summed E-state index contributed by atoms with van der Waals surface area (Å²) in [6.45, 7) is 1.07. The zero-order chi connectivity index (χ0) is 15.2. The van der Waals surface area contributed by atoms with Crippen molar-refractivity contribution in [1.82, 2.24) is 5.32 Å². The third-order valence-electron chi connectivity index (χ3n) is 2.93. The average molecular weight is 460 g/mol. The fourth-order valence-corrected chi connectivity index (χ4v) is 2.89. The molecular weight excluding hydrogens is 445 g/mol. The molecule has 0 aliphatic rings. The van der Waals surface area contributed by atoms with E-state index in [-0.39, 0.29) is 5.91 Å². The molecule has 0 radical (unpaired) electrons. The van der Waals surface area contributed by atoms with Gasteiger partial charge in [-0.1, -0.05) is 40.2 Å². The third-order valence-corrected chi connectivity index (χ3v) is 4.36. The number of amides is 1. The van der Waals surface area contributed by atoms with Gasteiger partial charge in [0.2, 0.25) is 0 Å². The van der Waals surface area contributed by atoms with E-state index < -0.39 is 0 Å². The van der Waals surface area contributed by atoms with E-state index in [0.717, 1.165) is 19.2 Å². The Morgan fingerprint density at radius 2 is 2.00 bits per heavy atom. The van der Waals surface area contributed by atoms with E-state index in [1.807, 2.05) is 42.5 Å². The molecule has 5 heteroatoms. The lowest BCUT2D eigenvalue weighted by Crippen LogP contribution is -2.23. The standard InChI is InChI=1S/C16H15BrINO2/c1-21-10-12-4-2-3-11(7-12)9-19-16(20)14-8-13(17)5-6-15(14)18/h2-8H,9-10H2,1H3,(H,19,20). The van der Waals surface area contributed by atoms with Crippen LogP contribution >= 0.6 is 38.5 Å². The first-order valence-corrected chi connectivity index (χ1v) is 8.27. The van der Waals surface area contributed by atoms with Crippen LogP contribution in [0, 0.1) is 3.57 Å². The minimum atomic E-state index is -0.0714. The van der Waals surface area contributed by atoms with E-state index in [1.54, 1.807) is 7.11 Å². The van der Waals surface area contributed by atoms with E-state index in [2.05, 4.69) is 43.8 Å². The zero-order valence-corrected chi connectivity index (χ0v) is 15.3. The maximum atomic E-state index is 12.2. The molecule has 0 aliphatic heterocycles. The van der Waals surface area contributed by atoms with Crippen molar-refractivity contribution < 1.29 is 9.53 Å². The second-order valence-electron chi connectivity index (χ2n) is 4.56. The number of carbonyl (C=O) groups is 1. The van der Waals surface area contributed by atoms with Crippen LogP contribution in [-0.2, 0) is 17.9 Å². The van der Waals surface area contributed by atoms with E-state index in [0.29, 0.717) is 18.7 Å². The monoisotopic (exact) mass is 459 g/mol. The molecule has 1 N–H and O–H groups in total. The lowest BCUT2D eigenvalue weighted by molar-refractivity contribution is 0.0950. The molecular formula is C16H15BrINO2. The topological polar surface area (TPSA) is 38.3 Å². The molecule has 1 amide bonds. The van der Waals surface area contributed by atoms with Crippen LogP contribution in [0.1, 0.15) is 21.5 Å². The molecule has 0 heterocycles. The molecule has 0 unspecified atom stereocenters. The highest BCUT2D eigenvalue weighted by Gasteiger charge is 2.10. The number of nitrogens with one attached hydrogen (secondary N) is 1. The summed E-state index contributed by atoms with van der Waals surface area (Å²) in [6, 6.07) is 13.7. The molecule has 21 heavy (non-hydrogen) atoms. The molecule has 0 spiro atoms. The van der Waals surface area contributed by atoms with Gasteiger partial charge in [0.1, 0.15) is 0 Å². The number of carbonyl (C=O) groups excluding carboxylic acids is 1. The molecule has 2 aromatic carbocycles. The first-order chi connectivity index (χ1) is 10.1. The number of rotatable bonds is 5. The second-order valence-corrected chi connectivity index (χ2v) is 6.64. The molecule has 0 fully saturated rings. The zero-order valence-electron chi connectivity index (χ0n) is 11.5. The first kappa shape index (κ1) is 16.5. The third kappa shape index (κ3) is 4.79. The minimum absolute atomic E-state index is 0.0714. The lowest BCUT2D eigenvalue weighted by Gasteiger charge is -2.09. The number of ether oxygens (including phenoxy) is 1. The van der Waals surface area contributed by atoms with Crippen LogP contribution in [0.15, 0.2) is 46.9 Å². The van der Waals surface area contributed by atoms with Gasteiger partial charge in [-0.25, -0.2) is 0 Å². The maximum absolute atomic E-state index is 12.2. The van der Waals surface area contributed by atoms with Gasteiger partial charge in [0.25, 0.3) is 5.91 Å². The summed E-state index contributed by atoms with van der Waals surface area (Å²) in [5.41, 5.74) is 2.84. The van der Waals surface area contributed by atoms with Gasteiger partial charge in [-0.15, -0.1) is 0 Å². The summed E-state index contributed by atoms with van der Waals surface area (Å²) < 4.78 is 6.94. The van der Waals surface area contributed by atoms with Gasteiger partial charge in [-0.3, -0.25) is 4.79 Å². The molecule has 2 aromatic rings. The van der Waals surface area contributed by atoms with Crippen molar-refractivity contribution in [1.29, 1.82) is 0 Å². The van der Waals surface area contributed by atoms with Gasteiger partial charge >= 0.3 is 0 Å². The lowest BCUT2D eigenvalue weighted by atomic mass is 10.1. The number of benzene rings is 2. The van der Waals surface area contributed by atoms with Gasteiger partial charge < -0.3 is 10.1 Å². The molecule has 3 nitrogen and oxygen atoms in total. The van der Waals surface area contributed by atoms with Crippen LogP contribution in [0.4, 0.5) is 0 Å². The Kier molecular flexibility index (Phi) is 6.20. The highest BCUT2D eigenvalue weighted by atomic mass is 127. The summed E-state index contributed by atoms with van der Waals surface area (Å²) in [5.74, 6) is -0.0714. The molecule has 0 saturated heterocycles. The van der Waals surface area contributed by atoms with Crippen molar-refractivity contribution in [3.63, 3.8) is 0 Å². The van der Waals surface area contributed by atoms with Gasteiger partial charge in [-0.05, 0) is 51.9 Å². The Morgan fingerprint density at radius 1 is 1.24 bits per heavy atom. The Bertz CT molecular complexity index is 646. The van der Waals surface area contributed by atoms with Crippen molar-refractivity contribution in [2.45, 2.75) is 13.2 Å². The Labute approximate surface area is 146 Å². The highest BCUT2D eigenvalue weighted by molar-refractivity contribution is 14.1. The van der Waals surface area contributed by atoms with Crippen molar-refractivity contribution >= 4 is 44.4 Å². The van der Waals surface area contributed by atoms with Crippen LogP contribution < -0.4 is 5.32 Å². The SMILES string of the molecule is COCc1cccc(CNC(=O)c2cc(Br)ccc2I)c1. The number of hydrogen-bond donors (Lipinski definition) is 1. The number of halogens is 2. The van der Waals surface area contributed by atoms with Gasteiger partial charge in [0.15, 0.2) is 0 Å². The fraction of sp³-hybridized carbons (Fsp3) is 0.188. The first-order valence-electron chi connectivity index (χ1n) is 6.40. The molecule has 0 saturated carbocycles. The number of methoxy groups -OCH3 is 1. The Hall–Kier alpha value is -0.920. The van der Waals surface area contributed by atoms with E-state index in [1.165, 1.54) is 0 Å². The average Bonchev–Trinajstić information content (AvgIpc) is 2.48. The Balaban J connectivity index is 2.04. The molecule has 0 aliphatic carbocycles. The molecule has 0 atom stereocenters. The summed E-state index contributed by atoms with van der Waals surface area (Å²) in [6.07, 6.45) is 0. The van der Waals surface area contributed by atoms with Gasteiger partial charge in [0, 0.05) is 21.7 Å². The van der Waals surface area contributed by atoms with Crippen LogP contribution in [0.25, 0.3) is 0 Å². The quantitative estimate of drug-likeness (QED) is 0.682. The summed E-state index contributed by atoms with van der Waals surface area (Å²) >= 11 is 5.55. The molecule has 110 valence electrons. The van der Waals surface area contributed by atoms with Gasteiger partial charge in [-0.2, -0.15) is 0 Å². The smallest absolute Gasteiger partial charge is 0.252 e. The maximum Gasteiger partial charge on any atom is 0.252 e. The summed E-state index contributed by atoms with van der Waals surface area (Å²) in [5, 5.41) is 2.95. The van der Waals surface area contributed by atoms with Crippen LogP contribution in [0.3, 0.4) is 0 Å². The normalized spacial score (nSPS) is 10.4. The van der Waals surface area contributed by atoms with Crippen molar-refractivity contribution in [3.8, 4) is 0 Å². The van der Waals surface area contributed by atoms with Crippen LogP contribution in [0.5, 0.6) is 0 Å². The van der Waals surface area contributed by atoms with E-state index >= 15 is 0 Å². The van der Waals surface area contributed by atoms with Crippen molar-refractivity contribution in [2.75, 3.05) is 7.11 Å². The molecule has 0 bridgehead atoms. The van der Waals surface area contributed by atoms with Crippen LogP contribution in [-0.4, -0.2) is 13.0 Å². The molecule has 2 rings (SSSR count). The van der Waals surface area contributed by atoms with E-state index in [9.17, 15) is 4.79 Å². The van der Waals surface area contributed by atoms with Crippen LogP contribution in [0.2, 0.25) is 0 Å². The second kappa shape index (κ2) is 7.91. The van der Waals surface area contributed by atoms with Gasteiger partial charge in [0.05, 0.1) is 12.2 Å². The summed E-state index contributed by atoms with van der Waals surface area (Å²) in [4.78, 5) is 12.2. The highest BCUT2D eigenvalue weighted by Crippen LogP contribution is 2.18. The summed E-state index contributed by atoms with van der Waals surface area (Å²) in [7, 11) is 1.67. The predicted molar refractivity (Wildman–Crippen MR) is 95.2 cm³/mol. The van der Waals surface area contributed by atoms with E-state index in [4.69, 9.17) is 4.74 Å². The minimum Gasteiger partial charge on any atom is -0.380 e. The van der Waals surface area contributed by atoms with Crippen molar-refractivity contribution in [2.24, 2.45) is 0 Å². The largest absolute Gasteiger partial charge is 0.380 e. The number of hydrogen-bond acceptors (Lipinski definition) is 2. The fourth-order valence-electron chi connectivity index (χ4n) is 1.95. The Morgan fingerprint density at radius 3 is 2.76 bits per heavy atom. The predicted octanol–water partition coefficient (Wildman–Crippen LogP) is 4.13. The molecule has 0 aromatic heterocycles.